The maximum absolute atomic E-state index is 12.0. The summed E-state index contributed by atoms with van der Waals surface area (Å²) < 4.78 is 4.86. The number of hydrogen-bond acceptors (Lipinski definition) is 7. The molecule has 2 aromatic heterocycles. The number of nitrogens with one attached hydrogen (secondary N) is 3. The Balaban J connectivity index is 1.66. The Morgan fingerprint density at radius 2 is 1.94 bits per heavy atom. The summed E-state index contributed by atoms with van der Waals surface area (Å²) in [6, 6.07) is 12.9. The minimum atomic E-state index is -0.388. The number of ether oxygens (including phenoxy) is 1. The quantitative estimate of drug-likeness (QED) is 0.158. The molecule has 3 N–H and O–H groups in total. The Hall–Kier alpha value is -3.78. The molecule has 0 bridgehead atoms. The van der Waals surface area contributed by atoms with Crippen LogP contribution >= 0.6 is 0 Å². The minimum absolute atomic E-state index is 0.388. The third-order valence-corrected chi connectivity index (χ3v) is 5.90. The monoisotopic (exact) mass is 473 g/mol. The average Bonchev–Trinajstić information content (AvgIpc) is 3.25. The number of unbranched alkanes of at least 4 members (excludes halogenated alkanes) is 1. The SMILES string of the molecule is CCCCNCCCNc1nc(Cc2cccc(C=O)c2)nc2[nH]c3cc(C(=O)OC)ccc3c12. The molecule has 2 aromatic carbocycles. The summed E-state index contributed by atoms with van der Waals surface area (Å²) in [5.74, 6) is 1.01. The second kappa shape index (κ2) is 11.6. The molecule has 4 rings (SSSR count). The standard InChI is InChI=1S/C27H31N5O3/c1-3-4-11-28-12-6-13-29-25-24-21-10-9-20(27(34)35-2)16-22(21)30-26(24)32-23(31-25)15-18-7-5-8-19(14-18)17-33/h5,7-10,14,16-17,28H,3-4,6,11-13,15H2,1-2H3,(H2,29,30,31,32). The Labute approximate surface area is 204 Å². The van der Waals surface area contributed by atoms with E-state index >= 15 is 0 Å². The number of hydrogen-bond donors (Lipinski definition) is 3. The molecule has 2 heterocycles. The highest BCUT2D eigenvalue weighted by Gasteiger charge is 2.16. The van der Waals surface area contributed by atoms with Gasteiger partial charge in [-0.2, -0.15) is 0 Å². The van der Waals surface area contributed by atoms with Gasteiger partial charge in [0.15, 0.2) is 0 Å². The Bertz CT molecular complexity index is 1330. The van der Waals surface area contributed by atoms with Crippen molar-refractivity contribution in [3.63, 3.8) is 0 Å². The number of methoxy groups -OCH3 is 1. The van der Waals surface area contributed by atoms with Crippen LogP contribution in [0.3, 0.4) is 0 Å². The molecule has 0 saturated heterocycles. The van der Waals surface area contributed by atoms with Crippen molar-refractivity contribution in [2.45, 2.75) is 32.6 Å². The molecule has 0 aliphatic rings. The maximum atomic E-state index is 12.0. The van der Waals surface area contributed by atoms with Gasteiger partial charge in [0.05, 0.1) is 18.1 Å². The number of carbonyl (C=O) groups excluding carboxylic acids is 2. The summed E-state index contributed by atoms with van der Waals surface area (Å²) in [4.78, 5) is 36.2. The summed E-state index contributed by atoms with van der Waals surface area (Å²) >= 11 is 0. The summed E-state index contributed by atoms with van der Waals surface area (Å²) in [6.07, 6.45) is 4.65. The van der Waals surface area contributed by atoms with Crippen molar-refractivity contribution >= 4 is 40.0 Å². The van der Waals surface area contributed by atoms with Gasteiger partial charge in [0.1, 0.15) is 23.6 Å². The number of aromatic amines is 1. The lowest BCUT2D eigenvalue weighted by Crippen LogP contribution is -2.19. The predicted molar refractivity (Wildman–Crippen MR) is 138 cm³/mol. The van der Waals surface area contributed by atoms with Crippen LogP contribution < -0.4 is 10.6 Å². The molecule has 0 aliphatic carbocycles. The van der Waals surface area contributed by atoms with Crippen LogP contribution in [0.25, 0.3) is 21.9 Å². The number of aldehydes is 1. The molecule has 0 radical (unpaired) electrons. The number of fused-ring (bicyclic) bond motifs is 3. The Kier molecular flexibility index (Phi) is 8.05. The first-order chi connectivity index (χ1) is 17.1. The molecular weight excluding hydrogens is 442 g/mol. The van der Waals surface area contributed by atoms with Gasteiger partial charge in [0.25, 0.3) is 0 Å². The van der Waals surface area contributed by atoms with Crippen LogP contribution in [0.1, 0.15) is 58.3 Å². The average molecular weight is 474 g/mol. The lowest BCUT2D eigenvalue weighted by atomic mass is 10.1. The number of anilines is 1. The number of rotatable bonds is 12. The van der Waals surface area contributed by atoms with Crippen molar-refractivity contribution in [2.24, 2.45) is 0 Å². The molecule has 8 nitrogen and oxygen atoms in total. The zero-order chi connectivity index (χ0) is 24.6. The van der Waals surface area contributed by atoms with Crippen molar-refractivity contribution in [1.82, 2.24) is 20.3 Å². The van der Waals surface area contributed by atoms with Crippen LogP contribution in [-0.4, -0.2) is 54.0 Å². The van der Waals surface area contributed by atoms with Gasteiger partial charge in [-0.25, -0.2) is 14.8 Å². The number of H-pyrrole nitrogens is 1. The predicted octanol–water partition coefficient (Wildman–Crippen LogP) is 4.49. The molecule has 0 atom stereocenters. The highest BCUT2D eigenvalue weighted by atomic mass is 16.5. The zero-order valence-corrected chi connectivity index (χ0v) is 20.2. The molecule has 4 aromatic rings. The second-order valence-electron chi connectivity index (χ2n) is 8.51. The van der Waals surface area contributed by atoms with E-state index in [-0.39, 0.29) is 5.97 Å². The van der Waals surface area contributed by atoms with Crippen LogP contribution in [0, 0.1) is 0 Å². The van der Waals surface area contributed by atoms with Gasteiger partial charge < -0.3 is 20.4 Å². The van der Waals surface area contributed by atoms with Crippen LogP contribution in [0.5, 0.6) is 0 Å². The second-order valence-corrected chi connectivity index (χ2v) is 8.51. The van der Waals surface area contributed by atoms with E-state index in [0.717, 1.165) is 60.0 Å². The fraction of sp³-hybridized carbons (Fsp3) is 0.333. The Morgan fingerprint density at radius 1 is 1.09 bits per heavy atom. The number of benzene rings is 2. The van der Waals surface area contributed by atoms with Crippen molar-refractivity contribution < 1.29 is 14.3 Å². The lowest BCUT2D eigenvalue weighted by Gasteiger charge is -2.10. The summed E-state index contributed by atoms with van der Waals surface area (Å²) in [5.41, 5.74) is 3.55. The number of aromatic nitrogens is 3. The van der Waals surface area contributed by atoms with Crippen molar-refractivity contribution in [2.75, 3.05) is 32.1 Å². The lowest BCUT2D eigenvalue weighted by molar-refractivity contribution is 0.0601. The topological polar surface area (TPSA) is 109 Å². The summed E-state index contributed by atoms with van der Waals surface area (Å²) in [6.45, 7) is 4.91. The zero-order valence-electron chi connectivity index (χ0n) is 20.2. The highest BCUT2D eigenvalue weighted by molar-refractivity contribution is 6.12. The van der Waals surface area contributed by atoms with Gasteiger partial charge >= 0.3 is 5.97 Å². The third-order valence-electron chi connectivity index (χ3n) is 5.90. The molecule has 182 valence electrons. The van der Waals surface area contributed by atoms with Gasteiger partial charge in [-0.3, -0.25) is 4.79 Å². The van der Waals surface area contributed by atoms with Crippen LogP contribution in [0.15, 0.2) is 42.5 Å². The molecular formula is C27H31N5O3. The van der Waals surface area contributed by atoms with E-state index in [0.29, 0.717) is 29.0 Å². The number of nitrogens with zero attached hydrogens (tertiary/aromatic N) is 2. The molecule has 0 fully saturated rings. The normalized spacial score (nSPS) is 11.1. The van der Waals surface area contributed by atoms with Gasteiger partial charge in [-0.05, 0) is 49.7 Å². The van der Waals surface area contributed by atoms with E-state index in [1.807, 2.05) is 24.3 Å². The van der Waals surface area contributed by atoms with Gasteiger partial charge in [-0.1, -0.05) is 37.6 Å². The largest absolute Gasteiger partial charge is 0.465 e. The van der Waals surface area contributed by atoms with Gasteiger partial charge in [-0.15, -0.1) is 0 Å². The number of esters is 1. The summed E-state index contributed by atoms with van der Waals surface area (Å²) in [7, 11) is 1.37. The first kappa shape index (κ1) is 24.3. The maximum Gasteiger partial charge on any atom is 0.337 e. The van der Waals surface area contributed by atoms with E-state index in [1.165, 1.54) is 20.0 Å². The Morgan fingerprint density at radius 3 is 2.74 bits per heavy atom. The first-order valence-corrected chi connectivity index (χ1v) is 12.0. The fourth-order valence-electron chi connectivity index (χ4n) is 4.10. The molecule has 0 aliphatic heterocycles. The minimum Gasteiger partial charge on any atom is -0.465 e. The van der Waals surface area contributed by atoms with E-state index < -0.39 is 0 Å². The van der Waals surface area contributed by atoms with E-state index in [4.69, 9.17) is 14.7 Å². The van der Waals surface area contributed by atoms with Gasteiger partial charge in [0.2, 0.25) is 0 Å². The molecule has 0 saturated carbocycles. The molecule has 35 heavy (non-hydrogen) atoms. The highest BCUT2D eigenvalue weighted by Crippen LogP contribution is 2.31. The van der Waals surface area contributed by atoms with E-state index in [1.54, 1.807) is 18.2 Å². The molecule has 8 heteroatoms. The van der Waals surface area contributed by atoms with Crippen LogP contribution in [-0.2, 0) is 11.2 Å². The fourth-order valence-corrected chi connectivity index (χ4v) is 4.10. The van der Waals surface area contributed by atoms with E-state index in [9.17, 15) is 9.59 Å². The first-order valence-electron chi connectivity index (χ1n) is 12.0. The molecule has 0 amide bonds. The third kappa shape index (κ3) is 5.84. The molecule has 0 unspecified atom stereocenters. The summed E-state index contributed by atoms with van der Waals surface area (Å²) in [5, 5.41) is 8.78. The van der Waals surface area contributed by atoms with Crippen molar-refractivity contribution in [3.05, 3.63) is 65.0 Å². The van der Waals surface area contributed by atoms with Gasteiger partial charge in [0, 0.05) is 29.4 Å². The smallest absolute Gasteiger partial charge is 0.337 e. The van der Waals surface area contributed by atoms with Crippen LogP contribution in [0.4, 0.5) is 5.82 Å². The van der Waals surface area contributed by atoms with Crippen molar-refractivity contribution in [3.8, 4) is 0 Å². The van der Waals surface area contributed by atoms with E-state index in [2.05, 4.69) is 22.5 Å². The van der Waals surface area contributed by atoms with Crippen LogP contribution in [0.2, 0.25) is 0 Å². The molecule has 0 spiro atoms. The van der Waals surface area contributed by atoms with Crippen molar-refractivity contribution in [1.29, 1.82) is 0 Å². The number of carbonyl (C=O) groups is 2.